The predicted molar refractivity (Wildman–Crippen MR) is 138 cm³/mol. The smallest absolute Gasteiger partial charge is 0.263 e. The van der Waals surface area contributed by atoms with Crippen LogP contribution in [0.5, 0.6) is 0 Å². The summed E-state index contributed by atoms with van der Waals surface area (Å²) < 4.78 is 29.4. The summed E-state index contributed by atoms with van der Waals surface area (Å²) in [5.74, 6) is -0.280. The molecule has 1 saturated heterocycles. The molecule has 2 N–H and O–H groups in total. The van der Waals surface area contributed by atoms with E-state index in [2.05, 4.69) is 14.6 Å². The lowest BCUT2D eigenvalue weighted by Crippen LogP contribution is -2.52. The zero-order valence-corrected chi connectivity index (χ0v) is 20.5. The summed E-state index contributed by atoms with van der Waals surface area (Å²) in [6.07, 6.45) is 2.31. The quantitative estimate of drug-likeness (QED) is 0.394. The number of anilines is 2. The maximum Gasteiger partial charge on any atom is 0.263 e. The largest absolute Gasteiger partial charge is 0.381 e. The predicted octanol–water partition coefficient (Wildman–Crippen LogP) is 2.85. The van der Waals surface area contributed by atoms with Gasteiger partial charge in [0.25, 0.3) is 15.9 Å². The normalized spacial score (nSPS) is 15.3. The van der Waals surface area contributed by atoms with E-state index in [4.69, 9.17) is 0 Å². The van der Waals surface area contributed by atoms with Crippen LogP contribution in [-0.2, 0) is 21.4 Å². The van der Waals surface area contributed by atoms with E-state index >= 15 is 0 Å². The number of para-hydroxylation sites is 1. The van der Waals surface area contributed by atoms with Crippen LogP contribution < -0.4 is 9.62 Å². The molecule has 2 aromatic heterocycles. The van der Waals surface area contributed by atoms with Gasteiger partial charge in [-0.3, -0.25) is 9.52 Å². The number of aromatic nitrogens is 2. The third kappa shape index (κ3) is 5.02. The zero-order chi connectivity index (χ0) is 24.4. The number of aliphatic hydroxyl groups is 1. The molecule has 4 aromatic rings. The SMILES string of the molecule is O=C([C@@H](O)Cn1ccc2ccccc21)N1CCN(c2ccc(S(=O)(=O)Nc3nccs3)cc2)CC1.[HH]. The number of piperazine rings is 1. The lowest BCUT2D eigenvalue weighted by molar-refractivity contribution is -0.141. The summed E-state index contributed by atoms with van der Waals surface area (Å²) >= 11 is 1.21. The summed E-state index contributed by atoms with van der Waals surface area (Å²) in [6.45, 7) is 2.35. The first-order valence-electron chi connectivity index (χ1n) is 11.2. The van der Waals surface area contributed by atoms with Crippen LogP contribution in [-0.4, -0.2) is 66.2 Å². The fourth-order valence-electron chi connectivity index (χ4n) is 4.24. The molecule has 2 aromatic carbocycles. The molecule has 11 heteroatoms. The minimum atomic E-state index is -3.70. The summed E-state index contributed by atoms with van der Waals surface area (Å²) in [5, 5.41) is 13.7. The van der Waals surface area contributed by atoms with Crippen LogP contribution in [0.1, 0.15) is 1.43 Å². The molecule has 9 nitrogen and oxygen atoms in total. The number of sulfonamides is 1. The van der Waals surface area contributed by atoms with Gasteiger partial charge in [-0.05, 0) is 41.8 Å². The first-order chi connectivity index (χ1) is 16.9. The van der Waals surface area contributed by atoms with Crippen molar-refractivity contribution in [2.24, 2.45) is 0 Å². The van der Waals surface area contributed by atoms with Crippen molar-refractivity contribution in [3.8, 4) is 0 Å². The number of benzene rings is 2. The van der Waals surface area contributed by atoms with Crippen molar-refractivity contribution in [1.29, 1.82) is 0 Å². The van der Waals surface area contributed by atoms with Crippen LogP contribution in [0.2, 0.25) is 0 Å². The van der Waals surface area contributed by atoms with Gasteiger partial charge in [0.05, 0.1) is 11.4 Å². The third-order valence-corrected chi connectivity index (χ3v) is 8.27. The number of aliphatic hydroxyl groups excluding tert-OH is 1. The molecule has 1 atom stereocenters. The van der Waals surface area contributed by atoms with E-state index in [0.29, 0.717) is 31.3 Å². The van der Waals surface area contributed by atoms with Crippen molar-refractivity contribution in [2.75, 3.05) is 35.8 Å². The van der Waals surface area contributed by atoms with Crippen LogP contribution in [0.25, 0.3) is 10.9 Å². The van der Waals surface area contributed by atoms with Crippen molar-refractivity contribution in [2.45, 2.75) is 17.5 Å². The molecule has 3 heterocycles. The molecule has 0 radical (unpaired) electrons. The molecule has 1 fully saturated rings. The first kappa shape index (κ1) is 23.3. The van der Waals surface area contributed by atoms with E-state index in [9.17, 15) is 18.3 Å². The fourth-order valence-corrected chi connectivity index (χ4v) is 6.03. The highest BCUT2D eigenvalue weighted by atomic mass is 32.2. The van der Waals surface area contributed by atoms with Gasteiger partial charge < -0.3 is 19.5 Å². The van der Waals surface area contributed by atoms with Crippen molar-refractivity contribution in [3.05, 3.63) is 72.4 Å². The van der Waals surface area contributed by atoms with Gasteiger partial charge in [0.1, 0.15) is 0 Å². The number of thiazole rings is 1. The third-order valence-electron chi connectivity index (χ3n) is 6.09. The first-order valence-corrected chi connectivity index (χ1v) is 13.5. The molecule has 0 spiro atoms. The Morgan fingerprint density at radius 1 is 1.09 bits per heavy atom. The highest BCUT2D eigenvalue weighted by molar-refractivity contribution is 7.93. The minimum absolute atomic E-state index is 0. The Morgan fingerprint density at radius 3 is 2.54 bits per heavy atom. The van der Waals surface area contributed by atoms with Crippen LogP contribution in [0, 0.1) is 0 Å². The Labute approximate surface area is 208 Å². The highest BCUT2D eigenvalue weighted by Crippen LogP contribution is 2.23. The van der Waals surface area contributed by atoms with Crippen LogP contribution in [0.3, 0.4) is 0 Å². The average molecular weight is 514 g/mol. The standard InChI is InChI=1S/C24H25N5O4S2.H2/c30-22(17-29-11-9-18-3-1-2-4-21(18)29)23(31)28-14-12-27(13-15-28)19-5-7-20(8-6-19)35(32,33)26-24-25-10-16-34-24;/h1-11,16,22,30H,12-15,17H2,(H,25,26);1H/t22-;/m0./s1. The van der Waals surface area contributed by atoms with Gasteiger partial charge in [0.2, 0.25) is 0 Å². The summed E-state index contributed by atoms with van der Waals surface area (Å²) in [7, 11) is -3.70. The summed E-state index contributed by atoms with van der Waals surface area (Å²) in [6, 6.07) is 16.5. The summed E-state index contributed by atoms with van der Waals surface area (Å²) in [5.41, 5.74) is 1.86. The van der Waals surface area contributed by atoms with E-state index in [-0.39, 0.29) is 18.8 Å². The Balaban J connectivity index is 0.00000304. The number of carbonyl (C=O) groups excluding carboxylic acids is 1. The molecule has 0 aliphatic carbocycles. The molecule has 0 saturated carbocycles. The number of fused-ring (bicyclic) bond motifs is 1. The van der Waals surface area contributed by atoms with E-state index < -0.39 is 16.1 Å². The number of carbonyl (C=O) groups is 1. The second-order valence-electron chi connectivity index (χ2n) is 8.29. The van der Waals surface area contributed by atoms with Crippen molar-refractivity contribution < 1.29 is 19.7 Å². The zero-order valence-electron chi connectivity index (χ0n) is 18.8. The minimum Gasteiger partial charge on any atom is -0.381 e. The molecular weight excluding hydrogens is 486 g/mol. The van der Waals surface area contributed by atoms with E-state index in [0.717, 1.165) is 16.6 Å². The Kier molecular flexibility index (Phi) is 6.46. The molecule has 1 aliphatic rings. The molecule has 184 valence electrons. The fraction of sp³-hybridized carbons (Fsp3) is 0.250. The molecular formula is C24H27N5O4S2. The Bertz CT molecular complexity index is 1420. The van der Waals surface area contributed by atoms with Crippen molar-refractivity contribution in [3.63, 3.8) is 0 Å². The van der Waals surface area contributed by atoms with Crippen molar-refractivity contribution >= 4 is 49.0 Å². The monoisotopic (exact) mass is 513 g/mol. The lowest BCUT2D eigenvalue weighted by atomic mass is 10.2. The molecule has 0 unspecified atom stereocenters. The molecule has 1 aliphatic heterocycles. The number of amides is 1. The van der Waals surface area contributed by atoms with Crippen LogP contribution in [0.15, 0.2) is 77.3 Å². The van der Waals surface area contributed by atoms with Gasteiger partial charge in [-0.2, -0.15) is 0 Å². The van der Waals surface area contributed by atoms with Gasteiger partial charge in [-0.15, -0.1) is 11.3 Å². The topological polar surface area (TPSA) is 108 Å². The second-order valence-corrected chi connectivity index (χ2v) is 10.9. The summed E-state index contributed by atoms with van der Waals surface area (Å²) in [4.78, 5) is 20.7. The maximum atomic E-state index is 12.9. The number of rotatable bonds is 7. The van der Waals surface area contributed by atoms with Gasteiger partial charge in [0.15, 0.2) is 11.2 Å². The Hall–Kier alpha value is -3.41. The Morgan fingerprint density at radius 2 is 1.83 bits per heavy atom. The van der Waals surface area contributed by atoms with Crippen LogP contribution in [0.4, 0.5) is 10.8 Å². The number of hydrogen-bond acceptors (Lipinski definition) is 7. The van der Waals surface area contributed by atoms with Gasteiger partial charge in [-0.25, -0.2) is 13.4 Å². The second kappa shape index (κ2) is 9.68. The number of nitrogens with zero attached hydrogens (tertiary/aromatic N) is 4. The highest BCUT2D eigenvalue weighted by Gasteiger charge is 2.27. The van der Waals surface area contributed by atoms with Gasteiger partial charge in [0, 0.05) is 56.6 Å². The molecule has 1 amide bonds. The lowest BCUT2D eigenvalue weighted by Gasteiger charge is -2.37. The molecule has 0 bridgehead atoms. The van der Waals surface area contributed by atoms with Gasteiger partial charge in [-0.1, -0.05) is 18.2 Å². The molecule has 5 rings (SSSR count). The van der Waals surface area contributed by atoms with Gasteiger partial charge >= 0.3 is 0 Å². The average Bonchev–Trinajstić information content (AvgIpc) is 3.53. The molecule has 35 heavy (non-hydrogen) atoms. The van der Waals surface area contributed by atoms with Crippen LogP contribution >= 0.6 is 11.3 Å². The maximum absolute atomic E-state index is 12.9. The number of nitrogens with one attached hydrogen (secondary N) is 1. The van der Waals surface area contributed by atoms with E-state index in [1.807, 2.05) is 41.1 Å². The van der Waals surface area contributed by atoms with Crippen molar-refractivity contribution in [1.82, 2.24) is 14.5 Å². The number of hydrogen-bond donors (Lipinski definition) is 2. The van der Waals surface area contributed by atoms with E-state index in [1.165, 1.54) is 17.5 Å². The van der Waals surface area contributed by atoms with E-state index in [1.54, 1.807) is 34.5 Å².